The Bertz CT molecular complexity index is 245. The van der Waals surface area contributed by atoms with Crippen molar-refractivity contribution < 1.29 is 14.3 Å². The first-order valence-corrected chi connectivity index (χ1v) is 6.43. The molecule has 1 amide bonds. The Kier molecular flexibility index (Phi) is 7.19. The summed E-state index contributed by atoms with van der Waals surface area (Å²) < 4.78 is 10.2. The zero-order valence-electron chi connectivity index (χ0n) is 11.6. The molecule has 6 heteroatoms. The molecule has 0 spiro atoms. The van der Waals surface area contributed by atoms with Crippen LogP contribution in [0.5, 0.6) is 0 Å². The molecule has 2 N–H and O–H groups in total. The summed E-state index contributed by atoms with van der Waals surface area (Å²) in [6, 6.07) is -0.0868. The number of carbonyl (C=O) groups is 1. The molecule has 0 aromatic carbocycles. The highest BCUT2D eigenvalue weighted by molar-refractivity contribution is 5.82. The van der Waals surface area contributed by atoms with Gasteiger partial charge in [0.2, 0.25) is 5.91 Å². The summed E-state index contributed by atoms with van der Waals surface area (Å²) in [5, 5.41) is 6.46. The minimum Gasteiger partial charge on any atom is -0.383 e. The fraction of sp³-hybridized carbons (Fsp3) is 0.917. The molecule has 18 heavy (non-hydrogen) atoms. The number of amides is 1. The van der Waals surface area contributed by atoms with Crippen molar-refractivity contribution in [3.05, 3.63) is 0 Å². The van der Waals surface area contributed by atoms with E-state index in [0.717, 1.165) is 13.1 Å². The normalized spacial score (nSPS) is 21.6. The molecule has 1 heterocycles. The first kappa shape index (κ1) is 15.4. The maximum atomic E-state index is 12.4. The molecule has 2 unspecified atom stereocenters. The van der Waals surface area contributed by atoms with Crippen LogP contribution in [0.15, 0.2) is 0 Å². The molecule has 1 rings (SSSR count). The van der Waals surface area contributed by atoms with Crippen LogP contribution in [0.4, 0.5) is 0 Å². The van der Waals surface area contributed by atoms with Crippen molar-refractivity contribution in [3.8, 4) is 0 Å². The van der Waals surface area contributed by atoms with Crippen LogP contribution in [0.25, 0.3) is 0 Å². The Morgan fingerprint density at radius 2 is 2.17 bits per heavy atom. The average Bonchev–Trinajstić information content (AvgIpc) is 2.40. The van der Waals surface area contributed by atoms with Crippen LogP contribution in [0.3, 0.4) is 0 Å². The summed E-state index contributed by atoms with van der Waals surface area (Å²) in [5.41, 5.74) is 0. The lowest BCUT2D eigenvalue weighted by molar-refractivity contribution is -0.137. The van der Waals surface area contributed by atoms with Gasteiger partial charge in [-0.3, -0.25) is 4.79 Å². The highest BCUT2D eigenvalue weighted by atomic mass is 16.5. The zero-order chi connectivity index (χ0) is 13.4. The quantitative estimate of drug-likeness (QED) is 0.618. The van der Waals surface area contributed by atoms with Crippen LogP contribution in [0.2, 0.25) is 0 Å². The Hall–Kier alpha value is -0.690. The maximum absolute atomic E-state index is 12.4. The lowest BCUT2D eigenvalue weighted by atomic mass is 10.1. The summed E-state index contributed by atoms with van der Waals surface area (Å²) in [5.74, 6) is 0.115. The van der Waals surface area contributed by atoms with Gasteiger partial charge in [0.05, 0.1) is 25.3 Å². The van der Waals surface area contributed by atoms with Gasteiger partial charge >= 0.3 is 0 Å². The van der Waals surface area contributed by atoms with Crippen molar-refractivity contribution in [2.24, 2.45) is 0 Å². The van der Waals surface area contributed by atoms with Gasteiger partial charge in [0.25, 0.3) is 0 Å². The van der Waals surface area contributed by atoms with Gasteiger partial charge in [-0.1, -0.05) is 0 Å². The molecule has 1 aliphatic heterocycles. The van der Waals surface area contributed by atoms with Crippen molar-refractivity contribution in [3.63, 3.8) is 0 Å². The van der Waals surface area contributed by atoms with E-state index in [1.165, 1.54) is 0 Å². The summed E-state index contributed by atoms with van der Waals surface area (Å²) in [4.78, 5) is 14.3. The van der Waals surface area contributed by atoms with Crippen molar-refractivity contribution in [2.75, 3.05) is 53.6 Å². The van der Waals surface area contributed by atoms with Crippen LogP contribution < -0.4 is 10.6 Å². The molecular weight excluding hydrogens is 234 g/mol. The number of hydrogen-bond donors (Lipinski definition) is 2. The molecule has 0 aromatic heterocycles. The van der Waals surface area contributed by atoms with Gasteiger partial charge in [0.15, 0.2) is 0 Å². The van der Waals surface area contributed by atoms with E-state index in [-0.39, 0.29) is 18.0 Å². The number of carbonyl (C=O) groups excluding carboxylic acids is 1. The molecular formula is C12H25N3O3. The van der Waals surface area contributed by atoms with Gasteiger partial charge < -0.3 is 25.0 Å². The molecule has 1 saturated heterocycles. The van der Waals surface area contributed by atoms with Crippen LogP contribution in [0, 0.1) is 0 Å². The standard InChI is InChI=1S/C12H25N3O3/c1-10(9-18-3)15(6-7-17-2)12(16)11-8-13-4-5-14-11/h10-11,13-14H,4-9H2,1-3H3. The number of rotatable bonds is 7. The first-order chi connectivity index (χ1) is 8.70. The van der Waals surface area contributed by atoms with Crippen LogP contribution in [0.1, 0.15) is 6.92 Å². The first-order valence-electron chi connectivity index (χ1n) is 6.43. The van der Waals surface area contributed by atoms with E-state index in [0.29, 0.717) is 26.3 Å². The van der Waals surface area contributed by atoms with E-state index in [2.05, 4.69) is 10.6 Å². The smallest absolute Gasteiger partial charge is 0.241 e. The molecule has 0 saturated carbocycles. The zero-order valence-corrected chi connectivity index (χ0v) is 11.6. The van der Waals surface area contributed by atoms with E-state index in [1.54, 1.807) is 14.2 Å². The summed E-state index contributed by atoms with van der Waals surface area (Å²) in [7, 11) is 3.29. The minimum absolute atomic E-state index is 0.0568. The second-order valence-electron chi connectivity index (χ2n) is 4.54. The summed E-state index contributed by atoms with van der Waals surface area (Å²) in [6.07, 6.45) is 0. The van der Waals surface area contributed by atoms with E-state index >= 15 is 0 Å². The molecule has 0 radical (unpaired) electrons. The predicted molar refractivity (Wildman–Crippen MR) is 69.6 cm³/mol. The largest absolute Gasteiger partial charge is 0.383 e. The summed E-state index contributed by atoms with van der Waals surface area (Å²) in [6.45, 7) is 6.09. The monoisotopic (exact) mass is 259 g/mol. The SMILES string of the molecule is COCCN(C(=O)C1CNCCN1)C(C)COC. The molecule has 0 aromatic rings. The Morgan fingerprint density at radius 3 is 2.72 bits per heavy atom. The van der Waals surface area contributed by atoms with E-state index in [1.807, 2.05) is 11.8 Å². The van der Waals surface area contributed by atoms with Crippen LogP contribution in [-0.4, -0.2) is 76.5 Å². The number of ether oxygens (including phenoxy) is 2. The number of methoxy groups -OCH3 is 2. The van der Waals surface area contributed by atoms with Crippen molar-refractivity contribution in [1.29, 1.82) is 0 Å². The van der Waals surface area contributed by atoms with Crippen molar-refractivity contribution in [1.82, 2.24) is 15.5 Å². The molecule has 0 bridgehead atoms. The second-order valence-corrected chi connectivity index (χ2v) is 4.54. The van der Waals surface area contributed by atoms with E-state index in [4.69, 9.17) is 9.47 Å². The molecule has 0 aliphatic carbocycles. The lowest BCUT2D eigenvalue weighted by Crippen LogP contribution is -2.58. The highest BCUT2D eigenvalue weighted by Gasteiger charge is 2.28. The van der Waals surface area contributed by atoms with Gasteiger partial charge in [0, 0.05) is 40.4 Å². The molecule has 106 valence electrons. The number of nitrogens with one attached hydrogen (secondary N) is 2. The fourth-order valence-corrected chi connectivity index (χ4v) is 2.10. The Labute approximate surface area is 109 Å². The second kappa shape index (κ2) is 8.42. The minimum atomic E-state index is -0.144. The van der Waals surface area contributed by atoms with E-state index < -0.39 is 0 Å². The molecule has 2 atom stereocenters. The number of hydrogen-bond acceptors (Lipinski definition) is 5. The Morgan fingerprint density at radius 1 is 1.39 bits per heavy atom. The lowest BCUT2D eigenvalue weighted by Gasteiger charge is -2.34. The van der Waals surface area contributed by atoms with Gasteiger partial charge in [-0.05, 0) is 6.92 Å². The summed E-state index contributed by atoms with van der Waals surface area (Å²) >= 11 is 0. The third-order valence-corrected chi connectivity index (χ3v) is 3.10. The third kappa shape index (κ3) is 4.53. The van der Waals surface area contributed by atoms with Gasteiger partial charge in [-0.15, -0.1) is 0 Å². The maximum Gasteiger partial charge on any atom is 0.241 e. The molecule has 1 fully saturated rings. The predicted octanol–water partition coefficient (Wildman–Crippen LogP) is -0.942. The molecule has 1 aliphatic rings. The number of nitrogens with zero attached hydrogens (tertiary/aromatic N) is 1. The fourth-order valence-electron chi connectivity index (χ4n) is 2.10. The van der Waals surface area contributed by atoms with E-state index in [9.17, 15) is 4.79 Å². The van der Waals surface area contributed by atoms with Crippen molar-refractivity contribution in [2.45, 2.75) is 19.0 Å². The van der Waals surface area contributed by atoms with Gasteiger partial charge in [-0.2, -0.15) is 0 Å². The highest BCUT2D eigenvalue weighted by Crippen LogP contribution is 2.04. The van der Waals surface area contributed by atoms with Crippen LogP contribution >= 0.6 is 0 Å². The third-order valence-electron chi connectivity index (χ3n) is 3.10. The topological polar surface area (TPSA) is 62.8 Å². The van der Waals surface area contributed by atoms with Gasteiger partial charge in [-0.25, -0.2) is 0 Å². The number of piperazine rings is 1. The van der Waals surface area contributed by atoms with Crippen LogP contribution in [-0.2, 0) is 14.3 Å². The Balaban J connectivity index is 2.58. The van der Waals surface area contributed by atoms with Gasteiger partial charge in [0.1, 0.15) is 0 Å². The van der Waals surface area contributed by atoms with Crippen molar-refractivity contribution >= 4 is 5.91 Å². The molecule has 6 nitrogen and oxygen atoms in total. The average molecular weight is 259 g/mol.